The van der Waals surface area contributed by atoms with Gasteiger partial charge in [-0.05, 0) is 37.1 Å². The Morgan fingerprint density at radius 3 is 2.45 bits per heavy atom. The molecule has 0 fully saturated rings. The van der Waals surface area contributed by atoms with Gasteiger partial charge in [0.1, 0.15) is 12.4 Å². The van der Waals surface area contributed by atoms with E-state index < -0.39 is 5.60 Å². The molecule has 106 valence electrons. The van der Waals surface area contributed by atoms with Gasteiger partial charge in [-0.15, -0.1) is 0 Å². The first-order chi connectivity index (χ1) is 9.51. The predicted molar refractivity (Wildman–Crippen MR) is 80.6 cm³/mol. The Balaban J connectivity index is 2.01. The molecule has 3 nitrogen and oxygen atoms in total. The lowest BCUT2D eigenvalue weighted by Gasteiger charge is -2.21. The molecule has 0 aliphatic rings. The van der Waals surface area contributed by atoms with E-state index in [4.69, 9.17) is 10.5 Å². The van der Waals surface area contributed by atoms with Crippen molar-refractivity contribution >= 4 is 0 Å². The average molecular weight is 271 g/mol. The van der Waals surface area contributed by atoms with E-state index in [0.717, 1.165) is 16.9 Å². The molecule has 0 aromatic heterocycles. The summed E-state index contributed by atoms with van der Waals surface area (Å²) in [6.07, 6.45) is 0. The normalized spacial score (nSPS) is 13.8. The molecule has 0 amide bonds. The maximum absolute atomic E-state index is 10.1. The third-order valence-electron chi connectivity index (χ3n) is 3.36. The first-order valence-electron chi connectivity index (χ1n) is 6.72. The zero-order valence-electron chi connectivity index (χ0n) is 12.0. The van der Waals surface area contributed by atoms with E-state index in [-0.39, 0.29) is 6.54 Å². The van der Waals surface area contributed by atoms with Gasteiger partial charge >= 0.3 is 0 Å². The standard InChI is InChI=1S/C17H21NO2/c1-13-4-3-5-14(10-13)11-20-16-8-6-15(7-9-16)17(2,19)12-18/h3-10,19H,11-12,18H2,1-2H3. The third-order valence-corrected chi connectivity index (χ3v) is 3.36. The fraction of sp³-hybridized carbons (Fsp3) is 0.294. The Labute approximate surface area is 120 Å². The average Bonchev–Trinajstić information content (AvgIpc) is 2.46. The number of hydrogen-bond donors (Lipinski definition) is 2. The van der Waals surface area contributed by atoms with Crippen LogP contribution in [0.1, 0.15) is 23.6 Å². The van der Waals surface area contributed by atoms with E-state index in [1.807, 2.05) is 36.4 Å². The van der Waals surface area contributed by atoms with Crippen LogP contribution in [0.15, 0.2) is 48.5 Å². The van der Waals surface area contributed by atoms with Gasteiger partial charge < -0.3 is 15.6 Å². The van der Waals surface area contributed by atoms with Crippen LogP contribution in [0.5, 0.6) is 5.75 Å². The lowest BCUT2D eigenvalue weighted by molar-refractivity contribution is 0.0668. The van der Waals surface area contributed by atoms with Gasteiger partial charge in [0.25, 0.3) is 0 Å². The Bertz CT molecular complexity index is 561. The molecule has 20 heavy (non-hydrogen) atoms. The van der Waals surface area contributed by atoms with Gasteiger partial charge in [-0.3, -0.25) is 0 Å². The largest absolute Gasteiger partial charge is 0.489 e. The molecule has 0 saturated carbocycles. The van der Waals surface area contributed by atoms with Gasteiger partial charge in [-0.25, -0.2) is 0 Å². The molecule has 2 aromatic carbocycles. The van der Waals surface area contributed by atoms with Crippen molar-refractivity contribution in [3.63, 3.8) is 0 Å². The van der Waals surface area contributed by atoms with E-state index in [2.05, 4.69) is 19.1 Å². The van der Waals surface area contributed by atoms with Crippen LogP contribution in [0.4, 0.5) is 0 Å². The molecular weight excluding hydrogens is 250 g/mol. The van der Waals surface area contributed by atoms with E-state index in [0.29, 0.717) is 6.61 Å². The lowest BCUT2D eigenvalue weighted by atomic mass is 9.96. The first-order valence-corrected chi connectivity index (χ1v) is 6.72. The van der Waals surface area contributed by atoms with Crippen LogP contribution in [0, 0.1) is 6.92 Å². The van der Waals surface area contributed by atoms with E-state index in [1.165, 1.54) is 5.56 Å². The van der Waals surface area contributed by atoms with Gasteiger partial charge in [0.05, 0.1) is 5.60 Å². The van der Waals surface area contributed by atoms with Gasteiger partial charge in [0.2, 0.25) is 0 Å². The van der Waals surface area contributed by atoms with Crippen molar-refractivity contribution in [3.05, 3.63) is 65.2 Å². The molecule has 0 aliphatic carbocycles. The van der Waals surface area contributed by atoms with Crippen LogP contribution < -0.4 is 10.5 Å². The number of rotatable bonds is 5. The highest BCUT2D eigenvalue weighted by Gasteiger charge is 2.20. The molecule has 1 atom stereocenters. The van der Waals surface area contributed by atoms with E-state index in [1.54, 1.807) is 6.92 Å². The summed E-state index contributed by atoms with van der Waals surface area (Å²) in [4.78, 5) is 0. The molecule has 0 aliphatic heterocycles. The van der Waals surface area contributed by atoms with Crippen LogP contribution in [0.2, 0.25) is 0 Å². The molecule has 0 radical (unpaired) electrons. The smallest absolute Gasteiger partial charge is 0.119 e. The number of ether oxygens (including phenoxy) is 1. The summed E-state index contributed by atoms with van der Waals surface area (Å²) >= 11 is 0. The Morgan fingerprint density at radius 1 is 1.15 bits per heavy atom. The molecular formula is C17H21NO2. The quantitative estimate of drug-likeness (QED) is 0.879. The summed E-state index contributed by atoms with van der Waals surface area (Å²) in [6, 6.07) is 15.6. The Kier molecular flexibility index (Phi) is 4.42. The minimum atomic E-state index is -0.991. The van der Waals surface area contributed by atoms with Gasteiger partial charge in [-0.2, -0.15) is 0 Å². The maximum Gasteiger partial charge on any atom is 0.119 e. The van der Waals surface area contributed by atoms with E-state index >= 15 is 0 Å². The third kappa shape index (κ3) is 3.59. The number of hydrogen-bond acceptors (Lipinski definition) is 3. The van der Waals surface area contributed by atoms with Crippen LogP contribution >= 0.6 is 0 Å². The topological polar surface area (TPSA) is 55.5 Å². The number of nitrogens with two attached hydrogens (primary N) is 1. The molecule has 3 heteroatoms. The van der Waals surface area contributed by atoms with Crippen LogP contribution in [-0.4, -0.2) is 11.7 Å². The van der Waals surface area contributed by atoms with Crippen molar-refractivity contribution in [2.75, 3.05) is 6.54 Å². The van der Waals surface area contributed by atoms with Gasteiger partial charge in [-0.1, -0.05) is 42.0 Å². The highest BCUT2D eigenvalue weighted by molar-refractivity contribution is 5.31. The Morgan fingerprint density at radius 2 is 1.85 bits per heavy atom. The summed E-state index contributed by atoms with van der Waals surface area (Å²) in [5.74, 6) is 0.781. The molecule has 0 saturated heterocycles. The van der Waals surface area contributed by atoms with Gasteiger partial charge in [0.15, 0.2) is 0 Å². The second-order valence-corrected chi connectivity index (χ2v) is 5.28. The second-order valence-electron chi connectivity index (χ2n) is 5.28. The number of aryl methyl sites for hydroxylation is 1. The molecule has 0 spiro atoms. The fourth-order valence-corrected chi connectivity index (χ4v) is 2.00. The summed E-state index contributed by atoms with van der Waals surface area (Å²) in [7, 11) is 0. The molecule has 2 rings (SSSR count). The monoisotopic (exact) mass is 271 g/mol. The number of benzene rings is 2. The molecule has 1 unspecified atom stereocenters. The molecule has 2 aromatic rings. The minimum Gasteiger partial charge on any atom is -0.489 e. The summed E-state index contributed by atoms with van der Waals surface area (Å²) in [6.45, 7) is 4.49. The summed E-state index contributed by atoms with van der Waals surface area (Å²) < 4.78 is 5.74. The lowest BCUT2D eigenvalue weighted by Crippen LogP contribution is -2.31. The van der Waals surface area contributed by atoms with Crippen molar-refractivity contribution in [1.29, 1.82) is 0 Å². The summed E-state index contributed by atoms with van der Waals surface area (Å²) in [5, 5.41) is 10.1. The predicted octanol–water partition coefficient (Wildman–Crippen LogP) is 2.74. The van der Waals surface area contributed by atoms with Gasteiger partial charge in [0, 0.05) is 6.54 Å². The summed E-state index contributed by atoms with van der Waals surface area (Å²) in [5.41, 5.74) is 7.71. The number of aliphatic hydroxyl groups is 1. The van der Waals surface area contributed by atoms with Crippen LogP contribution in [0.3, 0.4) is 0 Å². The van der Waals surface area contributed by atoms with Crippen LogP contribution in [0.25, 0.3) is 0 Å². The second kappa shape index (κ2) is 6.07. The molecule has 0 bridgehead atoms. The minimum absolute atomic E-state index is 0.191. The van der Waals surface area contributed by atoms with Crippen molar-refractivity contribution in [3.8, 4) is 5.75 Å². The molecule has 3 N–H and O–H groups in total. The Hall–Kier alpha value is -1.84. The van der Waals surface area contributed by atoms with E-state index in [9.17, 15) is 5.11 Å². The van der Waals surface area contributed by atoms with Crippen molar-refractivity contribution in [2.24, 2.45) is 5.73 Å². The first kappa shape index (κ1) is 14.6. The van der Waals surface area contributed by atoms with Crippen molar-refractivity contribution in [2.45, 2.75) is 26.1 Å². The molecule has 0 heterocycles. The van der Waals surface area contributed by atoms with Crippen molar-refractivity contribution < 1.29 is 9.84 Å². The van der Waals surface area contributed by atoms with Crippen molar-refractivity contribution in [1.82, 2.24) is 0 Å². The highest BCUT2D eigenvalue weighted by Crippen LogP contribution is 2.22. The zero-order chi connectivity index (χ0) is 14.6. The SMILES string of the molecule is Cc1cccc(COc2ccc(C(C)(O)CN)cc2)c1. The zero-order valence-corrected chi connectivity index (χ0v) is 12.0. The fourth-order valence-electron chi connectivity index (χ4n) is 2.00. The maximum atomic E-state index is 10.1. The highest BCUT2D eigenvalue weighted by atomic mass is 16.5. The van der Waals surface area contributed by atoms with Crippen LogP contribution in [-0.2, 0) is 12.2 Å².